The molecular weight excluding hydrogens is 324 g/mol. The molecule has 0 unspecified atom stereocenters. The molecule has 0 spiro atoms. The fourth-order valence-electron chi connectivity index (χ4n) is 1.88. The molecule has 0 aromatic carbocycles. The second-order valence-electron chi connectivity index (χ2n) is 6.21. The zero-order valence-corrected chi connectivity index (χ0v) is 14.5. The zero-order valence-electron chi connectivity index (χ0n) is 13.7. The minimum atomic E-state index is -0.0645. The van der Waals surface area contributed by atoms with Crippen LogP contribution in [0.15, 0.2) is 46.2 Å². The Morgan fingerprint density at radius 2 is 2.04 bits per heavy atom. The molecule has 0 saturated carbocycles. The minimum Gasteiger partial charge on any atom is -0.441 e. The molecule has 0 atom stereocenters. The molecule has 0 radical (unpaired) electrons. The normalized spacial score (nSPS) is 13.0. The first-order chi connectivity index (χ1) is 11.4. The van der Waals surface area contributed by atoms with E-state index in [0.717, 1.165) is 15.4 Å². The van der Waals surface area contributed by atoms with Crippen molar-refractivity contribution in [2.45, 2.75) is 26.2 Å². The molecule has 1 N–H and O–H groups in total. The average molecular weight is 342 g/mol. The number of aromatic nitrogens is 3. The van der Waals surface area contributed by atoms with Gasteiger partial charge in [-0.3, -0.25) is 0 Å². The monoisotopic (exact) mass is 342 g/mol. The van der Waals surface area contributed by atoms with Crippen LogP contribution in [0, 0.1) is 0 Å². The van der Waals surface area contributed by atoms with Gasteiger partial charge in [0.2, 0.25) is 11.0 Å². The third-order valence-corrected chi connectivity index (χ3v) is 4.05. The molecule has 3 aromatic heterocycles. The fraction of sp³-hybridized carbons (Fsp3) is 0.235. The van der Waals surface area contributed by atoms with E-state index in [-0.39, 0.29) is 5.41 Å². The van der Waals surface area contributed by atoms with Gasteiger partial charge in [-0.1, -0.05) is 38.2 Å². The van der Waals surface area contributed by atoms with Gasteiger partial charge in [-0.2, -0.15) is 9.72 Å². The van der Waals surface area contributed by atoms with Gasteiger partial charge in [0, 0.05) is 28.8 Å². The van der Waals surface area contributed by atoms with Gasteiger partial charge in [0.25, 0.3) is 0 Å². The second-order valence-corrected chi connectivity index (χ2v) is 7.25. The number of rotatable bonds is 3. The lowest BCUT2D eigenvalue weighted by atomic mass is 9.94. The van der Waals surface area contributed by atoms with Crippen molar-refractivity contribution in [3.63, 3.8) is 0 Å². The summed E-state index contributed by atoms with van der Waals surface area (Å²) in [5.41, 5.74) is 0.357. The standard InChI is InChI=1S/C17H18N4O2S/c1-17(2,3)13-11-18-15(23-13)8-7-12-10-19-16(24-12)20-14-6-4-5-9-21(14)22/h4-11,22H,1-3H3/b8-7+,20-14-. The highest BCUT2D eigenvalue weighted by atomic mass is 32.1. The number of nitrogens with zero attached hydrogens (tertiary/aromatic N) is 4. The molecule has 0 aliphatic heterocycles. The minimum absolute atomic E-state index is 0.0645. The quantitative estimate of drug-likeness (QED) is 0.733. The van der Waals surface area contributed by atoms with Crippen molar-refractivity contribution in [3.8, 4) is 0 Å². The van der Waals surface area contributed by atoms with Gasteiger partial charge in [-0.25, -0.2) is 9.97 Å². The van der Waals surface area contributed by atoms with Gasteiger partial charge >= 0.3 is 0 Å². The Morgan fingerprint density at radius 1 is 1.21 bits per heavy atom. The van der Waals surface area contributed by atoms with E-state index in [0.29, 0.717) is 16.5 Å². The average Bonchev–Trinajstić information content (AvgIpc) is 3.16. The van der Waals surface area contributed by atoms with E-state index >= 15 is 0 Å². The van der Waals surface area contributed by atoms with Crippen LogP contribution in [0.2, 0.25) is 0 Å². The van der Waals surface area contributed by atoms with Gasteiger partial charge in [-0.05, 0) is 18.2 Å². The predicted octanol–water partition coefficient (Wildman–Crippen LogP) is 3.87. The van der Waals surface area contributed by atoms with Crippen molar-refractivity contribution in [2.24, 2.45) is 4.99 Å². The molecule has 3 rings (SSSR count). The SMILES string of the molecule is CC(C)(C)c1cnc(/C=C/c2cnc(/N=c3/ccccn3O)s2)o1. The summed E-state index contributed by atoms with van der Waals surface area (Å²) >= 11 is 1.41. The molecule has 124 valence electrons. The van der Waals surface area contributed by atoms with Crippen LogP contribution < -0.4 is 5.49 Å². The molecule has 24 heavy (non-hydrogen) atoms. The van der Waals surface area contributed by atoms with Gasteiger partial charge in [-0.15, -0.1) is 0 Å². The zero-order chi connectivity index (χ0) is 17.2. The van der Waals surface area contributed by atoms with Crippen LogP contribution in [0.3, 0.4) is 0 Å². The maximum Gasteiger partial charge on any atom is 0.218 e. The molecule has 0 saturated heterocycles. The van der Waals surface area contributed by atoms with Crippen LogP contribution in [-0.4, -0.2) is 19.9 Å². The van der Waals surface area contributed by atoms with Gasteiger partial charge in [0.05, 0.1) is 6.20 Å². The molecule has 0 aliphatic carbocycles. The topological polar surface area (TPSA) is 76.4 Å². The first-order valence-corrected chi connectivity index (χ1v) is 8.25. The molecule has 6 nitrogen and oxygen atoms in total. The molecule has 0 fully saturated rings. The Bertz CT molecular complexity index is 928. The maximum atomic E-state index is 9.66. The Hall–Kier alpha value is -2.67. The number of hydrogen-bond donors (Lipinski definition) is 1. The summed E-state index contributed by atoms with van der Waals surface area (Å²) in [5, 5.41) is 10.2. The molecule has 7 heteroatoms. The number of oxazole rings is 1. The summed E-state index contributed by atoms with van der Waals surface area (Å²) in [4.78, 5) is 13.7. The lowest BCUT2D eigenvalue weighted by Crippen LogP contribution is -2.16. The lowest BCUT2D eigenvalue weighted by molar-refractivity contribution is 0.172. The third-order valence-electron chi connectivity index (χ3n) is 3.19. The van der Waals surface area contributed by atoms with Crippen LogP contribution >= 0.6 is 11.3 Å². The highest BCUT2D eigenvalue weighted by Gasteiger charge is 2.18. The van der Waals surface area contributed by atoms with Gasteiger partial charge in [0.15, 0.2) is 5.49 Å². The molecule has 0 bridgehead atoms. The Kier molecular flexibility index (Phi) is 4.35. The number of hydrogen-bond acceptors (Lipinski definition) is 6. The second kappa shape index (κ2) is 6.45. The summed E-state index contributed by atoms with van der Waals surface area (Å²) in [6.45, 7) is 6.24. The Morgan fingerprint density at radius 3 is 2.75 bits per heavy atom. The van der Waals surface area contributed by atoms with E-state index in [1.165, 1.54) is 17.5 Å². The van der Waals surface area contributed by atoms with Crippen LogP contribution in [0.4, 0.5) is 5.13 Å². The first-order valence-electron chi connectivity index (χ1n) is 7.44. The summed E-state index contributed by atoms with van der Waals surface area (Å²) in [7, 11) is 0. The van der Waals surface area contributed by atoms with Crippen molar-refractivity contribution in [1.29, 1.82) is 0 Å². The van der Waals surface area contributed by atoms with E-state index in [9.17, 15) is 5.21 Å². The Balaban J connectivity index is 1.78. The van der Waals surface area contributed by atoms with Crippen LogP contribution in [0.5, 0.6) is 0 Å². The molecule has 3 heterocycles. The third kappa shape index (κ3) is 3.80. The van der Waals surface area contributed by atoms with E-state index in [2.05, 4.69) is 35.7 Å². The van der Waals surface area contributed by atoms with Crippen LogP contribution in [-0.2, 0) is 5.41 Å². The Labute approximate surface area is 143 Å². The highest BCUT2D eigenvalue weighted by molar-refractivity contribution is 7.16. The maximum absolute atomic E-state index is 9.66. The van der Waals surface area contributed by atoms with E-state index in [1.807, 2.05) is 6.08 Å². The number of pyridine rings is 1. The van der Waals surface area contributed by atoms with E-state index < -0.39 is 0 Å². The van der Waals surface area contributed by atoms with Crippen molar-refractivity contribution in [1.82, 2.24) is 14.7 Å². The van der Waals surface area contributed by atoms with Crippen molar-refractivity contribution in [2.75, 3.05) is 0 Å². The first kappa shape index (κ1) is 16.2. The van der Waals surface area contributed by atoms with E-state index in [4.69, 9.17) is 4.42 Å². The van der Waals surface area contributed by atoms with Crippen molar-refractivity contribution in [3.05, 3.63) is 58.8 Å². The molecular formula is C17H18N4O2S. The molecule has 0 amide bonds. The van der Waals surface area contributed by atoms with Crippen LogP contribution in [0.1, 0.15) is 37.3 Å². The molecule has 3 aromatic rings. The van der Waals surface area contributed by atoms with Gasteiger partial charge in [0.1, 0.15) is 5.76 Å². The van der Waals surface area contributed by atoms with E-state index in [1.54, 1.807) is 36.7 Å². The smallest absolute Gasteiger partial charge is 0.218 e. The lowest BCUT2D eigenvalue weighted by Gasteiger charge is -2.12. The highest BCUT2D eigenvalue weighted by Crippen LogP contribution is 2.25. The van der Waals surface area contributed by atoms with Crippen molar-refractivity contribution < 1.29 is 9.62 Å². The summed E-state index contributed by atoms with van der Waals surface area (Å²) < 4.78 is 6.67. The predicted molar refractivity (Wildman–Crippen MR) is 93.1 cm³/mol. The largest absolute Gasteiger partial charge is 0.441 e. The summed E-state index contributed by atoms with van der Waals surface area (Å²) in [6.07, 6.45) is 8.68. The summed E-state index contributed by atoms with van der Waals surface area (Å²) in [5.74, 6) is 1.40. The summed E-state index contributed by atoms with van der Waals surface area (Å²) in [6, 6.07) is 5.23. The van der Waals surface area contributed by atoms with Crippen LogP contribution in [0.25, 0.3) is 12.2 Å². The van der Waals surface area contributed by atoms with Gasteiger partial charge < -0.3 is 9.62 Å². The number of thiazole rings is 1. The molecule has 0 aliphatic rings. The van der Waals surface area contributed by atoms with Crippen molar-refractivity contribution >= 4 is 28.6 Å². The fourth-order valence-corrected chi connectivity index (χ4v) is 2.58.